The smallest absolute Gasteiger partial charge is 0.123 e. The maximum absolute atomic E-state index is 13.5. The van der Waals surface area contributed by atoms with Crippen LogP contribution >= 0.6 is 27.3 Å². The molecule has 0 bridgehead atoms. The van der Waals surface area contributed by atoms with Gasteiger partial charge in [-0.2, -0.15) is 11.3 Å². The highest BCUT2D eigenvalue weighted by molar-refractivity contribution is 9.10. The van der Waals surface area contributed by atoms with E-state index in [1.54, 1.807) is 17.4 Å². The van der Waals surface area contributed by atoms with Crippen LogP contribution in [0.2, 0.25) is 0 Å². The van der Waals surface area contributed by atoms with E-state index in [4.69, 9.17) is 0 Å². The minimum Gasteiger partial charge on any atom is -0.306 e. The summed E-state index contributed by atoms with van der Waals surface area (Å²) in [6.45, 7) is 5.06. The van der Waals surface area contributed by atoms with Crippen molar-refractivity contribution < 1.29 is 4.39 Å². The van der Waals surface area contributed by atoms with Gasteiger partial charge in [0.2, 0.25) is 0 Å². The van der Waals surface area contributed by atoms with Crippen molar-refractivity contribution in [3.8, 4) is 0 Å². The van der Waals surface area contributed by atoms with E-state index in [0.717, 1.165) is 28.6 Å². The van der Waals surface area contributed by atoms with Crippen LogP contribution in [0.3, 0.4) is 0 Å². The second-order valence-electron chi connectivity index (χ2n) is 4.56. The summed E-state index contributed by atoms with van der Waals surface area (Å²) in [5.41, 5.74) is 3.29. The van der Waals surface area contributed by atoms with Gasteiger partial charge in [0.05, 0.1) is 6.04 Å². The summed E-state index contributed by atoms with van der Waals surface area (Å²) < 4.78 is 14.6. The van der Waals surface area contributed by atoms with Gasteiger partial charge in [-0.05, 0) is 70.0 Å². The zero-order chi connectivity index (χ0) is 13.8. The molecule has 0 amide bonds. The summed E-state index contributed by atoms with van der Waals surface area (Å²) in [6.07, 6.45) is 1.05. The molecule has 1 nitrogen and oxygen atoms in total. The van der Waals surface area contributed by atoms with Crippen LogP contribution in [0.25, 0.3) is 0 Å². The van der Waals surface area contributed by atoms with Gasteiger partial charge in [-0.1, -0.05) is 13.0 Å². The molecular weight excluding hydrogens is 325 g/mol. The lowest BCUT2D eigenvalue weighted by atomic mass is 9.96. The normalized spacial score (nSPS) is 12.6. The standard InChI is InChI=1S/C15H17BrFNS/c1-3-6-18-15(13-8-19-9-14(13)16)12-7-11(17)5-4-10(12)2/h4-5,7-9,15,18H,3,6H2,1-2H3. The van der Waals surface area contributed by atoms with E-state index in [1.807, 2.05) is 13.0 Å². The third-order valence-corrected chi connectivity index (χ3v) is 4.86. The molecule has 102 valence electrons. The SMILES string of the molecule is CCCNC(c1cc(F)ccc1C)c1cscc1Br. The van der Waals surface area contributed by atoms with Gasteiger partial charge in [-0.3, -0.25) is 0 Å². The summed E-state index contributed by atoms with van der Waals surface area (Å²) >= 11 is 5.23. The Bertz CT molecular complexity index is 553. The summed E-state index contributed by atoms with van der Waals surface area (Å²) in [4.78, 5) is 0. The lowest BCUT2D eigenvalue weighted by Gasteiger charge is -2.21. The molecule has 2 rings (SSSR count). The molecule has 0 aliphatic carbocycles. The molecule has 2 aromatic rings. The average molecular weight is 342 g/mol. The molecule has 1 aromatic carbocycles. The minimum atomic E-state index is -0.185. The Morgan fingerprint density at radius 1 is 1.32 bits per heavy atom. The van der Waals surface area contributed by atoms with Gasteiger partial charge < -0.3 is 5.32 Å². The molecule has 1 atom stereocenters. The maximum Gasteiger partial charge on any atom is 0.123 e. The quantitative estimate of drug-likeness (QED) is 0.802. The van der Waals surface area contributed by atoms with Crippen molar-refractivity contribution in [2.75, 3.05) is 6.54 Å². The fourth-order valence-electron chi connectivity index (χ4n) is 2.10. The molecule has 0 aliphatic rings. The lowest BCUT2D eigenvalue weighted by Crippen LogP contribution is -2.24. The van der Waals surface area contributed by atoms with E-state index in [-0.39, 0.29) is 11.9 Å². The van der Waals surface area contributed by atoms with Crippen molar-refractivity contribution in [3.63, 3.8) is 0 Å². The van der Waals surface area contributed by atoms with Crippen molar-refractivity contribution in [2.24, 2.45) is 0 Å². The van der Waals surface area contributed by atoms with Crippen LogP contribution in [-0.2, 0) is 0 Å². The lowest BCUT2D eigenvalue weighted by molar-refractivity contribution is 0.583. The molecule has 19 heavy (non-hydrogen) atoms. The van der Waals surface area contributed by atoms with E-state index in [9.17, 15) is 4.39 Å². The third-order valence-electron chi connectivity index (χ3n) is 3.10. The zero-order valence-corrected chi connectivity index (χ0v) is 13.4. The minimum absolute atomic E-state index is 0.0382. The van der Waals surface area contributed by atoms with Crippen LogP contribution in [0, 0.1) is 12.7 Å². The average Bonchev–Trinajstić information content (AvgIpc) is 2.80. The van der Waals surface area contributed by atoms with Gasteiger partial charge in [0.15, 0.2) is 0 Å². The largest absolute Gasteiger partial charge is 0.306 e. The summed E-state index contributed by atoms with van der Waals surface area (Å²) in [5.74, 6) is -0.185. The molecule has 0 saturated carbocycles. The van der Waals surface area contributed by atoms with Crippen molar-refractivity contribution in [2.45, 2.75) is 26.3 Å². The molecule has 4 heteroatoms. The van der Waals surface area contributed by atoms with Crippen LogP contribution in [0.1, 0.15) is 36.1 Å². The third kappa shape index (κ3) is 3.44. The predicted octanol–water partition coefficient (Wildman–Crippen LogP) is 5.05. The molecule has 0 aliphatic heterocycles. The number of nitrogens with one attached hydrogen (secondary N) is 1. The van der Waals surface area contributed by atoms with E-state index in [2.05, 4.69) is 38.9 Å². The first-order valence-corrected chi connectivity index (χ1v) is 8.08. The van der Waals surface area contributed by atoms with E-state index >= 15 is 0 Å². The zero-order valence-electron chi connectivity index (χ0n) is 11.0. The van der Waals surface area contributed by atoms with Crippen LogP contribution < -0.4 is 5.32 Å². The predicted molar refractivity (Wildman–Crippen MR) is 83.3 cm³/mol. The monoisotopic (exact) mass is 341 g/mol. The van der Waals surface area contributed by atoms with Gasteiger partial charge in [0.1, 0.15) is 5.82 Å². The highest BCUT2D eigenvalue weighted by Crippen LogP contribution is 2.33. The number of hydrogen-bond acceptors (Lipinski definition) is 2. The van der Waals surface area contributed by atoms with E-state index in [0.29, 0.717) is 0 Å². The Morgan fingerprint density at radius 2 is 2.11 bits per heavy atom. The number of hydrogen-bond donors (Lipinski definition) is 1. The number of thiophene rings is 1. The molecule has 1 heterocycles. The number of benzene rings is 1. The van der Waals surface area contributed by atoms with E-state index < -0.39 is 0 Å². The molecule has 0 radical (unpaired) electrons. The highest BCUT2D eigenvalue weighted by atomic mass is 79.9. The topological polar surface area (TPSA) is 12.0 Å². The van der Waals surface area contributed by atoms with Crippen molar-refractivity contribution >= 4 is 27.3 Å². The Hall–Kier alpha value is -0.710. The fraction of sp³-hybridized carbons (Fsp3) is 0.333. The van der Waals surface area contributed by atoms with Crippen molar-refractivity contribution in [3.05, 3.63) is 55.9 Å². The Labute approximate surface area is 126 Å². The number of halogens is 2. The highest BCUT2D eigenvalue weighted by Gasteiger charge is 2.19. The first-order chi connectivity index (χ1) is 9.13. The molecule has 1 aromatic heterocycles. The molecule has 1 unspecified atom stereocenters. The number of aryl methyl sites for hydroxylation is 1. The molecule has 0 fully saturated rings. The molecule has 0 spiro atoms. The van der Waals surface area contributed by atoms with Gasteiger partial charge >= 0.3 is 0 Å². The van der Waals surface area contributed by atoms with Gasteiger partial charge in [0, 0.05) is 9.85 Å². The maximum atomic E-state index is 13.5. The molecular formula is C15H17BrFNS. The number of rotatable bonds is 5. The van der Waals surface area contributed by atoms with E-state index in [1.165, 1.54) is 11.6 Å². The van der Waals surface area contributed by atoms with Crippen molar-refractivity contribution in [1.82, 2.24) is 5.32 Å². The Balaban J connectivity index is 2.42. The summed E-state index contributed by atoms with van der Waals surface area (Å²) in [7, 11) is 0. The van der Waals surface area contributed by atoms with Crippen molar-refractivity contribution in [1.29, 1.82) is 0 Å². The Kier molecular flexibility index (Phi) is 5.13. The van der Waals surface area contributed by atoms with Crippen LogP contribution in [0.15, 0.2) is 33.4 Å². The van der Waals surface area contributed by atoms with Gasteiger partial charge in [0.25, 0.3) is 0 Å². The van der Waals surface area contributed by atoms with Gasteiger partial charge in [-0.15, -0.1) is 0 Å². The second-order valence-corrected chi connectivity index (χ2v) is 6.16. The Morgan fingerprint density at radius 3 is 2.74 bits per heavy atom. The molecule has 1 N–H and O–H groups in total. The van der Waals surface area contributed by atoms with Crippen LogP contribution in [0.4, 0.5) is 4.39 Å². The first-order valence-electron chi connectivity index (χ1n) is 6.34. The van der Waals surface area contributed by atoms with Crippen LogP contribution in [-0.4, -0.2) is 6.54 Å². The molecule has 0 saturated heterocycles. The second kappa shape index (κ2) is 6.64. The summed E-state index contributed by atoms with van der Waals surface area (Å²) in [5, 5.41) is 7.68. The summed E-state index contributed by atoms with van der Waals surface area (Å²) in [6, 6.07) is 5.02. The first kappa shape index (κ1) is 14.7. The van der Waals surface area contributed by atoms with Crippen LogP contribution in [0.5, 0.6) is 0 Å². The fourth-order valence-corrected chi connectivity index (χ4v) is 3.65. The van der Waals surface area contributed by atoms with Gasteiger partial charge in [-0.25, -0.2) is 4.39 Å².